The fraction of sp³-hybridized carbons (Fsp3) is 0.263. The summed E-state index contributed by atoms with van der Waals surface area (Å²) in [4.78, 5) is 14.7. The Labute approximate surface area is 163 Å². The summed E-state index contributed by atoms with van der Waals surface area (Å²) in [5.74, 6) is -0.278. The van der Waals surface area contributed by atoms with Crippen LogP contribution in [0.2, 0.25) is 10.0 Å². The third kappa shape index (κ3) is 4.97. The number of hydrogen-bond acceptors (Lipinski definition) is 4. The number of nitrogens with one attached hydrogen (secondary N) is 1. The Morgan fingerprint density at radius 1 is 1.12 bits per heavy atom. The van der Waals surface area contributed by atoms with Gasteiger partial charge in [-0.3, -0.25) is 9.80 Å². The number of halogens is 2. The van der Waals surface area contributed by atoms with E-state index in [1.807, 2.05) is 30.5 Å². The number of likely N-dealkylation sites (N-methyl/N-ethyl adjacent to an activating group) is 1. The quantitative estimate of drug-likeness (QED) is 0.806. The molecule has 136 valence electrons. The molecule has 1 aliphatic rings. The molecule has 0 bridgehead atoms. The van der Waals surface area contributed by atoms with Crippen molar-refractivity contribution >= 4 is 41.0 Å². The van der Waals surface area contributed by atoms with Crippen LogP contribution < -0.4 is 5.32 Å². The van der Waals surface area contributed by atoms with E-state index in [1.165, 1.54) is 0 Å². The van der Waals surface area contributed by atoms with Crippen molar-refractivity contribution in [3.63, 3.8) is 0 Å². The molecule has 1 N–H and O–H groups in total. The lowest BCUT2D eigenvalue weighted by atomic mass is 10.2. The van der Waals surface area contributed by atoms with Crippen molar-refractivity contribution in [3.05, 3.63) is 63.6 Å². The van der Waals surface area contributed by atoms with E-state index in [1.54, 1.807) is 18.2 Å². The van der Waals surface area contributed by atoms with Gasteiger partial charge in [0.05, 0.1) is 16.8 Å². The van der Waals surface area contributed by atoms with Crippen LogP contribution in [-0.4, -0.2) is 55.3 Å². The Kier molecular flexibility index (Phi) is 6.14. The summed E-state index contributed by atoms with van der Waals surface area (Å²) in [6.07, 6.45) is 1.82. The molecule has 0 aliphatic carbocycles. The first kappa shape index (κ1) is 18.7. The third-order valence-electron chi connectivity index (χ3n) is 4.17. The van der Waals surface area contributed by atoms with Crippen LogP contribution in [0.15, 0.2) is 47.6 Å². The average molecular weight is 391 g/mol. The monoisotopic (exact) mass is 390 g/mol. The molecule has 0 atom stereocenters. The summed E-state index contributed by atoms with van der Waals surface area (Å²) in [6, 6.07) is 12.3. The summed E-state index contributed by atoms with van der Waals surface area (Å²) >= 11 is 12.0. The summed E-state index contributed by atoms with van der Waals surface area (Å²) in [6.45, 7) is 3.85. The molecule has 0 unspecified atom stereocenters. The highest BCUT2D eigenvalue weighted by molar-refractivity contribution is 6.37. The number of benzene rings is 2. The van der Waals surface area contributed by atoms with Gasteiger partial charge < -0.3 is 10.2 Å². The first-order valence-corrected chi connectivity index (χ1v) is 9.11. The number of rotatable bonds is 4. The molecule has 1 heterocycles. The number of amides is 1. The van der Waals surface area contributed by atoms with E-state index in [0.717, 1.165) is 31.7 Å². The molecule has 5 nitrogen and oxygen atoms in total. The van der Waals surface area contributed by atoms with Gasteiger partial charge in [0.2, 0.25) is 0 Å². The zero-order chi connectivity index (χ0) is 18.5. The summed E-state index contributed by atoms with van der Waals surface area (Å²) < 4.78 is 0. The van der Waals surface area contributed by atoms with Crippen molar-refractivity contribution in [1.29, 1.82) is 0 Å². The Hall–Kier alpha value is -2.08. The predicted octanol–water partition coefficient (Wildman–Crippen LogP) is 3.83. The van der Waals surface area contributed by atoms with Gasteiger partial charge >= 0.3 is 0 Å². The van der Waals surface area contributed by atoms with Crippen molar-refractivity contribution in [2.75, 3.05) is 38.5 Å². The van der Waals surface area contributed by atoms with Gasteiger partial charge in [-0.2, -0.15) is 5.10 Å². The van der Waals surface area contributed by atoms with Gasteiger partial charge in [-0.15, -0.1) is 0 Å². The molecule has 0 spiro atoms. The van der Waals surface area contributed by atoms with Gasteiger partial charge in [-0.05, 0) is 42.9 Å². The fourth-order valence-corrected chi connectivity index (χ4v) is 3.12. The smallest absolute Gasteiger partial charge is 0.257 e. The Balaban J connectivity index is 1.66. The molecule has 0 saturated carbocycles. The molecule has 1 aliphatic heterocycles. The number of piperazine rings is 1. The maximum absolute atomic E-state index is 12.4. The number of nitrogens with zero attached hydrogens (tertiary/aromatic N) is 3. The number of carbonyl (C=O) groups excluding carboxylic acids is 1. The van der Waals surface area contributed by atoms with E-state index >= 15 is 0 Å². The molecule has 1 fully saturated rings. The molecule has 0 aromatic heterocycles. The van der Waals surface area contributed by atoms with Crippen LogP contribution in [0.25, 0.3) is 0 Å². The van der Waals surface area contributed by atoms with Crippen LogP contribution in [0.4, 0.5) is 5.69 Å². The van der Waals surface area contributed by atoms with Crippen molar-refractivity contribution in [1.82, 2.24) is 9.91 Å². The highest BCUT2D eigenvalue weighted by Crippen LogP contribution is 2.22. The van der Waals surface area contributed by atoms with E-state index in [2.05, 4.69) is 27.4 Å². The lowest BCUT2D eigenvalue weighted by Crippen LogP contribution is -2.41. The normalized spacial score (nSPS) is 15.4. The molecule has 1 saturated heterocycles. The van der Waals surface area contributed by atoms with Crippen LogP contribution in [0, 0.1) is 0 Å². The highest BCUT2D eigenvalue weighted by Gasteiger charge is 2.12. The maximum Gasteiger partial charge on any atom is 0.257 e. The SMILES string of the molecule is CN1CCN(/N=C\c2cccc(NC(=O)c3ccc(Cl)cc3Cl)c2)CC1. The van der Waals surface area contributed by atoms with Crippen LogP contribution in [-0.2, 0) is 0 Å². The molecule has 2 aromatic carbocycles. The van der Waals surface area contributed by atoms with Crippen LogP contribution in [0.1, 0.15) is 15.9 Å². The minimum atomic E-state index is -0.278. The second-order valence-corrected chi connectivity index (χ2v) is 7.05. The Morgan fingerprint density at radius 3 is 2.62 bits per heavy atom. The number of hydrazone groups is 1. The fourth-order valence-electron chi connectivity index (χ4n) is 2.63. The van der Waals surface area contributed by atoms with Gasteiger partial charge in [0.15, 0.2) is 0 Å². The standard InChI is InChI=1S/C19H20Cl2N4O/c1-24-7-9-25(10-8-24)22-13-14-3-2-4-16(11-14)23-19(26)17-6-5-15(20)12-18(17)21/h2-6,11-13H,7-10H2,1H3,(H,23,26)/b22-13-. The van der Waals surface area contributed by atoms with Gasteiger partial charge in [-0.25, -0.2) is 0 Å². The van der Waals surface area contributed by atoms with Crippen molar-refractivity contribution in [2.45, 2.75) is 0 Å². The van der Waals surface area contributed by atoms with Gasteiger partial charge in [0, 0.05) is 36.9 Å². The zero-order valence-corrected chi connectivity index (χ0v) is 16.0. The van der Waals surface area contributed by atoms with E-state index in [-0.39, 0.29) is 5.91 Å². The molecule has 0 radical (unpaired) electrons. The molecule has 2 aromatic rings. The van der Waals surface area contributed by atoms with Crippen molar-refractivity contribution in [2.24, 2.45) is 5.10 Å². The van der Waals surface area contributed by atoms with E-state index < -0.39 is 0 Å². The Morgan fingerprint density at radius 2 is 1.88 bits per heavy atom. The average Bonchev–Trinajstić information content (AvgIpc) is 2.61. The summed E-state index contributed by atoms with van der Waals surface area (Å²) in [7, 11) is 2.11. The lowest BCUT2D eigenvalue weighted by Gasteiger charge is -2.30. The summed E-state index contributed by atoms with van der Waals surface area (Å²) in [5, 5.41) is 10.2. The topological polar surface area (TPSA) is 47.9 Å². The van der Waals surface area contributed by atoms with Crippen LogP contribution >= 0.6 is 23.2 Å². The van der Waals surface area contributed by atoms with E-state index in [9.17, 15) is 4.79 Å². The minimum absolute atomic E-state index is 0.278. The first-order chi connectivity index (χ1) is 12.5. The maximum atomic E-state index is 12.4. The van der Waals surface area contributed by atoms with Crippen molar-refractivity contribution < 1.29 is 4.79 Å². The van der Waals surface area contributed by atoms with E-state index in [0.29, 0.717) is 21.3 Å². The van der Waals surface area contributed by atoms with Gasteiger partial charge in [-0.1, -0.05) is 35.3 Å². The number of hydrogen-bond donors (Lipinski definition) is 1. The second kappa shape index (κ2) is 8.54. The van der Waals surface area contributed by atoms with E-state index in [4.69, 9.17) is 23.2 Å². The molecular weight excluding hydrogens is 371 g/mol. The molecule has 26 heavy (non-hydrogen) atoms. The van der Waals surface area contributed by atoms with Crippen LogP contribution in [0.5, 0.6) is 0 Å². The lowest BCUT2D eigenvalue weighted by molar-refractivity contribution is 0.102. The van der Waals surface area contributed by atoms with Crippen molar-refractivity contribution in [3.8, 4) is 0 Å². The Bertz CT molecular complexity index is 817. The summed E-state index contributed by atoms with van der Waals surface area (Å²) in [5.41, 5.74) is 1.99. The highest BCUT2D eigenvalue weighted by atomic mass is 35.5. The first-order valence-electron chi connectivity index (χ1n) is 8.35. The molecule has 3 rings (SSSR count). The second-order valence-electron chi connectivity index (χ2n) is 6.21. The van der Waals surface area contributed by atoms with Gasteiger partial charge in [0.1, 0.15) is 0 Å². The van der Waals surface area contributed by atoms with Crippen LogP contribution in [0.3, 0.4) is 0 Å². The predicted molar refractivity (Wildman–Crippen MR) is 108 cm³/mol. The molecule has 7 heteroatoms. The number of carbonyl (C=O) groups is 1. The largest absolute Gasteiger partial charge is 0.322 e. The molecular formula is C19H20Cl2N4O. The minimum Gasteiger partial charge on any atom is -0.322 e. The third-order valence-corrected chi connectivity index (χ3v) is 4.72. The molecule has 1 amide bonds. The zero-order valence-electron chi connectivity index (χ0n) is 14.5. The number of anilines is 1. The van der Waals surface area contributed by atoms with Gasteiger partial charge in [0.25, 0.3) is 5.91 Å².